The monoisotopic (exact) mass is 356 g/mol. The smallest absolute Gasteiger partial charge is 0.109 e. The molecule has 0 amide bonds. The van der Waals surface area contributed by atoms with Crippen molar-refractivity contribution in [3.05, 3.63) is 11.6 Å². The molecule has 5 N–H and O–H groups in total. The molecule has 0 heterocycles. The lowest BCUT2D eigenvalue weighted by Crippen LogP contribution is -2.69. The third-order valence-corrected chi connectivity index (χ3v) is 7.23. The molecule has 0 aromatic heterocycles. The van der Waals surface area contributed by atoms with E-state index in [1.807, 2.05) is 6.08 Å². The molecule has 0 aromatic rings. The summed E-state index contributed by atoms with van der Waals surface area (Å²) in [5.74, 6) is -0.353. The molecule has 0 radical (unpaired) electrons. The van der Waals surface area contributed by atoms with Gasteiger partial charge >= 0.3 is 0 Å². The molecule has 0 saturated heterocycles. The maximum Gasteiger partial charge on any atom is 0.109 e. The highest BCUT2D eigenvalue weighted by Gasteiger charge is 2.64. The summed E-state index contributed by atoms with van der Waals surface area (Å²) >= 11 is 0. The predicted octanol–water partition coefficient (Wildman–Crippen LogP) is 1.61. The van der Waals surface area contributed by atoms with E-state index in [-0.39, 0.29) is 29.3 Å². The van der Waals surface area contributed by atoms with Crippen LogP contribution in [0.4, 0.5) is 0 Å². The first-order valence-electron chi connectivity index (χ1n) is 9.43. The second-order valence-corrected chi connectivity index (χ2v) is 9.42. The maximum absolute atomic E-state index is 11.1. The van der Waals surface area contributed by atoms with E-state index in [1.165, 1.54) is 0 Å². The Bertz CT molecular complexity index is 512. The molecule has 2 aliphatic rings. The molecule has 0 spiro atoms. The highest BCUT2D eigenvalue weighted by Crippen LogP contribution is 2.62. The van der Waals surface area contributed by atoms with Crippen LogP contribution in [0.3, 0.4) is 0 Å². The van der Waals surface area contributed by atoms with Crippen molar-refractivity contribution in [2.45, 2.75) is 84.2 Å². The van der Waals surface area contributed by atoms with Crippen molar-refractivity contribution >= 4 is 0 Å². The molecule has 146 valence electrons. The largest absolute Gasteiger partial charge is 0.393 e. The number of aliphatic hydroxyl groups excluding tert-OH is 4. The molecule has 2 saturated carbocycles. The Hall–Kier alpha value is -0.460. The first-order chi connectivity index (χ1) is 11.4. The number of hydrogen-bond donors (Lipinski definition) is 5. The van der Waals surface area contributed by atoms with Gasteiger partial charge in [0.05, 0.1) is 24.4 Å². The fourth-order valence-electron chi connectivity index (χ4n) is 5.87. The van der Waals surface area contributed by atoms with Crippen molar-refractivity contribution in [1.82, 2.24) is 0 Å². The van der Waals surface area contributed by atoms with Crippen LogP contribution in [0.15, 0.2) is 11.6 Å². The van der Waals surface area contributed by atoms with E-state index < -0.39 is 23.9 Å². The average molecular weight is 357 g/mol. The van der Waals surface area contributed by atoms with Gasteiger partial charge in [-0.15, -0.1) is 0 Å². The SMILES string of the molecule is CC(=CCC1C(C)(O)C(O)C(O)C2C(C)(C)CCCC21C)C(O)CO. The first-order valence-corrected chi connectivity index (χ1v) is 9.43. The average Bonchev–Trinajstić information content (AvgIpc) is 2.50. The standard InChI is InChI=1S/C20H36O5/c1-12(13(22)11-21)7-8-14-19(4)10-6-9-18(2,3)16(19)15(23)17(24)20(14,5)25/h7,13-17,21-25H,6,8-11H2,1-5H3. The maximum atomic E-state index is 11.1. The number of allylic oxidation sites excluding steroid dienone is 1. The molecule has 2 fully saturated rings. The number of rotatable bonds is 4. The Kier molecular flexibility index (Phi) is 5.78. The van der Waals surface area contributed by atoms with Gasteiger partial charge in [0.2, 0.25) is 0 Å². The van der Waals surface area contributed by atoms with Gasteiger partial charge in [-0.25, -0.2) is 0 Å². The fraction of sp³-hybridized carbons (Fsp3) is 0.900. The Morgan fingerprint density at radius 3 is 2.32 bits per heavy atom. The van der Waals surface area contributed by atoms with Crippen LogP contribution in [-0.2, 0) is 0 Å². The molecular weight excluding hydrogens is 320 g/mol. The summed E-state index contributed by atoms with van der Waals surface area (Å²) in [5, 5.41) is 51.5. The van der Waals surface area contributed by atoms with E-state index in [1.54, 1.807) is 13.8 Å². The van der Waals surface area contributed by atoms with Crippen LogP contribution in [0.1, 0.15) is 60.3 Å². The Morgan fingerprint density at radius 1 is 1.16 bits per heavy atom. The van der Waals surface area contributed by atoms with Crippen LogP contribution in [-0.4, -0.2) is 56.1 Å². The Balaban J connectivity index is 2.44. The molecule has 2 rings (SSSR count). The van der Waals surface area contributed by atoms with Crippen molar-refractivity contribution in [2.75, 3.05) is 6.61 Å². The van der Waals surface area contributed by atoms with E-state index in [4.69, 9.17) is 5.11 Å². The van der Waals surface area contributed by atoms with Crippen LogP contribution < -0.4 is 0 Å². The quantitative estimate of drug-likeness (QED) is 0.493. The topological polar surface area (TPSA) is 101 Å². The van der Waals surface area contributed by atoms with Crippen LogP contribution in [0.5, 0.6) is 0 Å². The van der Waals surface area contributed by atoms with Crippen molar-refractivity contribution < 1.29 is 25.5 Å². The van der Waals surface area contributed by atoms with Gasteiger partial charge < -0.3 is 25.5 Å². The summed E-state index contributed by atoms with van der Waals surface area (Å²) < 4.78 is 0. The van der Waals surface area contributed by atoms with Crippen LogP contribution in [0.2, 0.25) is 0 Å². The summed E-state index contributed by atoms with van der Waals surface area (Å²) in [6.07, 6.45) is 2.18. The molecule has 0 aromatic carbocycles. The van der Waals surface area contributed by atoms with E-state index in [9.17, 15) is 20.4 Å². The lowest BCUT2D eigenvalue weighted by atomic mass is 9.43. The summed E-state index contributed by atoms with van der Waals surface area (Å²) in [6, 6.07) is 0. The van der Waals surface area contributed by atoms with Crippen LogP contribution in [0.25, 0.3) is 0 Å². The van der Waals surface area contributed by atoms with Crippen LogP contribution in [0, 0.1) is 22.7 Å². The van der Waals surface area contributed by atoms with E-state index >= 15 is 0 Å². The molecule has 25 heavy (non-hydrogen) atoms. The molecular formula is C20H36O5. The summed E-state index contributed by atoms with van der Waals surface area (Å²) in [5.41, 5.74) is -1.19. The normalized spacial score (nSPS) is 45.8. The van der Waals surface area contributed by atoms with E-state index in [0.29, 0.717) is 12.0 Å². The molecule has 5 nitrogen and oxygen atoms in total. The molecule has 0 aliphatic heterocycles. The van der Waals surface area contributed by atoms with Gasteiger partial charge in [-0.1, -0.05) is 33.3 Å². The molecule has 0 bridgehead atoms. The number of aliphatic hydroxyl groups is 5. The molecule has 7 atom stereocenters. The van der Waals surface area contributed by atoms with E-state index in [2.05, 4.69) is 20.8 Å². The van der Waals surface area contributed by atoms with Gasteiger partial charge in [0.25, 0.3) is 0 Å². The van der Waals surface area contributed by atoms with Crippen molar-refractivity contribution in [1.29, 1.82) is 0 Å². The van der Waals surface area contributed by atoms with Gasteiger partial charge in [0.1, 0.15) is 6.10 Å². The van der Waals surface area contributed by atoms with Crippen molar-refractivity contribution in [3.8, 4) is 0 Å². The summed E-state index contributed by atoms with van der Waals surface area (Å²) in [4.78, 5) is 0. The van der Waals surface area contributed by atoms with Gasteiger partial charge in [-0.05, 0) is 61.3 Å². The fourth-order valence-corrected chi connectivity index (χ4v) is 5.87. The third kappa shape index (κ3) is 3.42. The Labute approximate surface area is 151 Å². The molecule has 5 heteroatoms. The summed E-state index contributed by atoms with van der Waals surface area (Å²) in [7, 11) is 0. The number of fused-ring (bicyclic) bond motifs is 1. The molecule has 7 unspecified atom stereocenters. The van der Waals surface area contributed by atoms with Gasteiger partial charge in [0, 0.05) is 0 Å². The zero-order chi connectivity index (χ0) is 19.2. The third-order valence-electron chi connectivity index (χ3n) is 7.23. The van der Waals surface area contributed by atoms with E-state index in [0.717, 1.165) is 19.3 Å². The highest BCUT2D eigenvalue weighted by molar-refractivity contribution is 5.16. The first kappa shape index (κ1) is 20.8. The van der Waals surface area contributed by atoms with Gasteiger partial charge in [-0.3, -0.25) is 0 Å². The lowest BCUT2D eigenvalue weighted by molar-refractivity contribution is -0.265. The van der Waals surface area contributed by atoms with Crippen molar-refractivity contribution in [3.63, 3.8) is 0 Å². The predicted molar refractivity (Wildman–Crippen MR) is 96.8 cm³/mol. The second-order valence-electron chi connectivity index (χ2n) is 9.42. The van der Waals surface area contributed by atoms with Gasteiger partial charge in [0.15, 0.2) is 0 Å². The Morgan fingerprint density at radius 2 is 1.76 bits per heavy atom. The second kappa shape index (κ2) is 6.93. The highest BCUT2D eigenvalue weighted by atomic mass is 16.4. The number of hydrogen-bond acceptors (Lipinski definition) is 5. The minimum Gasteiger partial charge on any atom is -0.393 e. The minimum atomic E-state index is -1.42. The van der Waals surface area contributed by atoms with Crippen LogP contribution >= 0.6 is 0 Å². The lowest BCUT2D eigenvalue weighted by Gasteiger charge is -2.64. The zero-order valence-electron chi connectivity index (χ0n) is 16.2. The van der Waals surface area contributed by atoms with Crippen molar-refractivity contribution in [2.24, 2.45) is 22.7 Å². The molecule has 2 aliphatic carbocycles. The minimum absolute atomic E-state index is 0.106. The summed E-state index contributed by atoms with van der Waals surface area (Å²) in [6.45, 7) is 9.43. The van der Waals surface area contributed by atoms with Gasteiger partial charge in [-0.2, -0.15) is 0 Å². The zero-order valence-corrected chi connectivity index (χ0v) is 16.2.